The van der Waals surface area contributed by atoms with E-state index in [1.165, 1.54) is 11.3 Å². The van der Waals surface area contributed by atoms with Crippen LogP contribution in [0.25, 0.3) is 10.2 Å². The minimum Gasteiger partial charge on any atom is -0.611 e. The summed E-state index contributed by atoms with van der Waals surface area (Å²) in [6.07, 6.45) is 0.865. The number of nitrogen functional groups attached to an aromatic ring is 1. The number of hydrogen-bond donors (Lipinski definition) is 1. The zero-order valence-electron chi connectivity index (χ0n) is 12.8. The Morgan fingerprint density at radius 3 is 2.77 bits per heavy atom. The number of aryl methyl sites for hydroxylation is 1. The highest BCUT2D eigenvalue weighted by Crippen LogP contribution is 2.38. The number of nitrogens with zero attached hydrogens (tertiary/aromatic N) is 3. The SMILES string of the molecule is CCC[S+]([O-])c1sc2nc(N3CCOCC3)nc(C)c2c1N. The minimum absolute atomic E-state index is 0.581. The molecule has 0 spiro atoms. The maximum atomic E-state index is 12.3. The Bertz CT molecular complexity index is 670. The molecule has 3 heterocycles. The van der Waals surface area contributed by atoms with E-state index in [-0.39, 0.29) is 0 Å². The normalized spacial score (nSPS) is 17.1. The number of anilines is 2. The third kappa shape index (κ3) is 2.88. The molecule has 0 bridgehead atoms. The van der Waals surface area contributed by atoms with Gasteiger partial charge in [-0.05, 0) is 24.5 Å². The molecule has 1 fully saturated rings. The lowest BCUT2D eigenvalue weighted by molar-refractivity contribution is 0.122. The van der Waals surface area contributed by atoms with Crippen molar-refractivity contribution in [2.75, 3.05) is 42.7 Å². The van der Waals surface area contributed by atoms with Crippen LogP contribution in [0.4, 0.5) is 11.6 Å². The summed E-state index contributed by atoms with van der Waals surface area (Å²) in [6.45, 7) is 6.92. The first-order chi connectivity index (χ1) is 10.6. The quantitative estimate of drug-likeness (QED) is 0.856. The highest BCUT2D eigenvalue weighted by atomic mass is 32.2. The molecule has 0 amide bonds. The van der Waals surface area contributed by atoms with Gasteiger partial charge in [-0.25, -0.2) is 9.97 Å². The topological polar surface area (TPSA) is 87.3 Å². The van der Waals surface area contributed by atoms with Gasteiger partial charge in [-0.1, -0.05) is 18.3 Å². The maximum Gasteiger partial charge on any atom is 0.232 e. The Hall–Kier alpha value is -1.09. The molecule has 120 valence electrons. The molecule has 0 radical (unpaired) electrons. The standard InChI is InChI=1S/C14H20N4O2S2/c1-3-8-22(19)13-11(15)10-9(2)16-14(17-12(10)21-13)18-4-6-20-7-5-18/h3-8,15H2,1-2H3. The Kier molecular flexibility index (Phi) is 4.72. The molecule has 8 heteroatoms. The second kappa shape index (κ2) is 6.57. The van der Waals surface area contributed by atoms with Crippen molar-refractivity contribution in [2.24, 2.45) is 0 Å². The molecule has 1 unspecified atom stereocenters. The third-order valence-corrected chi connectivity index (χ3v) is 6.73. The van der Waals surface area contributed by atoms with Gasteiger partial charge < -0.3 is 19.9 Å². The maximum absolute atomic E-state index is 12.3. The number of nitrogens with two attached hydrogens (primary N) is 1. The van der Waals surface area contributed by atoms with Crippen LogP contribution in [0.5, 0.6) is 0 Å². The van der Waals surface area contributed by atoms with Crippen LogP contribution in [0.15, 0.2) is 4.21 Å². The summed E-state index contributed by atoms with van der Waals surface area (Å²) in [5.74, 6) is 1.34. The number of hydrogen-bond acceptors (Lipinski definition) is 7. The molecule has 2 aromatic heterocycles. The summed E-state index contributed by atoms with van der Waals surface area (Å²) >= 11 is 0.375. The van der Waals surface area contributed by atoms with Gasteiger partial charge in [0.15, 0.2) is 0 Å². The van der Waals surface area contributed by atoms with Crippen molar-refractivity contribution in [3.8, 4) is 0 Å². The lowest BCUT2D eigenvalue weighted by atomic mass is 10.3. The lowest BCUT2D eigenvalue weighted by Crippen LogP contribution is -2.37. The van der Waals surface area contributed by atoms with Gasteiger partial charge in [0, 0.05) is 13.1 Å². The average molecular weight is 340 g/mol. The molecule has 2 N–H and O–H groups in total. The fraction of sp³-hybridized carbons (Fsp3) is 0.571. The Balaban J connectivity index is 2.02. The van der Waals surface area contributed by atoms with E-state index < -0.39 is 11.2 Å². The van der Waals surface area contributed by atoms with Gasteiger partial charge in [0.25, 0.3) is 0 Å². The Morgan fingerprint density at radius 1 is 1.36 bits per heavy atom. The monoisotopic (exact) mass is 340 g/mol. The van der Waals surface area contributed by atoms with Crippen molar-refractivity contribution in [1.29, 1.82) is 0 Å². The first kappa shape index (κ1) is 15.8. The van der Waals surface area contributed by atoms with Gasteiger partial charge in [-0.2, -0.15) is 0 Å². The molecule has 6 nitrogen and oxygen atoms in total. The summed E-state index contributed by atoms with van der Waals surface area (Å²) in [4.78, 5) is 12.2. The molecule has 1 aliphatic rings. The molecule has 2 aromatic rings. The highest BCUT2D eigenvalue weighted by molar-refractivity contribution is 7.93. The fourth-order valence-electron chi connectivity index (χ4n) is 2.51. The summed E-state index contributed by atoms with van der Waals surface area (Å²) in [6, 6.07) is 0. The predicted molar refractivity (Wildman–Crippen MR) is 91.2 cm³/mol. The van der Waals surface area contributed by atoms with Crippen LogP contribution in [-0.2, 0) is 15.9 Å². The molecular weight excluding hydrogens is 320 g/mol. The van der Waals surface area contributed by atoms with Gasteiger partial charge in [-0.15, -0.1) is 0 Å². The van der Waals surface area contributed by atoms with E-state index in [2.05, 4.69) is 14.9 Å². The van der Waals surface area contributed by atoms with E-state index in [0.29, 0.717) is 30.6 Å². The van der Waals surface area contributed by atoms with Gasteiger partial charge in [0.05, 0.1) is 24.3 Å². The average Bonchev–Trinajstić information content (AvgIpc) is 2.86. The van der Waals surface area contributed by atoms with Crippen LogP contribution in [0.2, 0.25) is 0 Å². The first-order valence-electron chi connectivity index (χ1n) is 7.39. The van der Waals surface area contributed by atoms with Crippen LogP contribution in [0.1, 0.15) is 19.0 Å². The van der Waals surface area contributed by atoms with Gasteiger partial charge >= 0.3 is 0 Å². The Morgan fingerprint density at radius 2 is 2.09 bits per heavy atom. The van der Waals surface area contributed by atoms with Gasteiger partial charge in [-0.3, -0.25) is 0 Å². The zero-order chi connectivity index (χ0) is 15.7. The summed E-state index contributed by atoms with van der Waals surface area (Å²) in [5.41, 5.74) is 7.63. The van der Waals surface area contributed by atoms with E-state index in [0.717, 1.165) is 39.6 Å². The molecule has 0 aromatic carbocycles. The van der Waals surface area contributed by atoms with E-state index in [1.807, 2.05) is 13.8 Å². The van der Waals surface area contributed by atoms with Crippen molar-refractivity contribution in [1.82, 2.24) is 9.97 Å². The van der Waals surface area contributed by atoms with E-state index >= 15 is 0 Å². The second-order valence-corrected chi connectivity index (χ2v) is 8.01. The van der Waals surface area contributed by atoms with Crippen LogP contribution in [0, 0.1) is 6.92 Å². The minimum atomic E-state index is -1.06. The van der Waals surface area contributed by atoms with Gasteiger partial charge in [0.2, 0.25) is 10.2 Å². The third-order valence-electron chi connectivity index (χ3n) is 3.61. The molecular formula is C14H20N4O2S2. The molecule has 0 saturated carbocycles. The van der Waals surface area contributed by atoms with E-state index in [9.17, 15) is 4.55 Å². The Labute approximate surface area is 136 Å². The molecule has 22 heavy (non-hydrogen) atoms. The molecule has 0 aliphatic carbocycles. The van der Waals surface area contributed by atoms with E-state index in [4.69, 9.17) is 10.5 Å². The smallest absolute Gasteiger partial charge is 0.232 e. The first-order valence-corrected chi connectivity index (χ1v) is 9.53. The number of rotatable bonds is 4. The van der Waals surface area contributed by atoms with Crippen LogP contribution >= 0.6 is 11.3 Å². The molecule has 1 saturated heterocycles. The highest BCUT2D eigenvalue weighted by Gasteiger charge is 2.24. The summed E-state index contributed by atoms with van der Waals surface area (Å²) in [7, 11) is 0. The zero-order valence-corrected chi connectivity index (χ0v) is 14.4. The second-order valence-electron chi connectivity index (χ2n) is 5.24. The molecule has 1 atom stereocenters. The van der Waals surface area contributed by atoms with Gasteiger partial charge in [0.1, 0.15) is 16.3 Å². The van der Waals surface area contributed by atoms with Crippen molar-refractivity contribution in [3.05, 3.63) is 5.69 Å². The fourth-order valence-corrected chi connectivity index (χ4v) is 5.15. The molecule has 1 aliphatic heterocycles. The largest absolute Gasteiger partial charge is 0.611 e. The van der Waals surface area contributed by atoms with Crippen LogP contribution in [-0.4, -0.2) is 46.6 Å². The number of thiophene rings is 1. The number of fused-ring (bicyclic) bond motifs is 1. The van der Waals surface area contributed by atoms with Crippen molar-refractivity contribution in [2.45, 2.75) is 24.5 Å². The molecule has 3 rings (SSSR count). The number of ether oxygens (including phenoxy) is 1. The van der Waals surface area contributed by atoms with Crippen molar-refractivity contribution >= 4 is 44.4 Å². The lowest BCUT2D eigenvalue weighted by Gasteiger charge is -2.26. The number of aromatic nitrogens is 2. The van der Waals surface area contributed by atoms with Crippen molar-refractivity contribution in [3.63, 3.8) is 0 Å². The van der Waals surface area contributed by atoms with E-state index in [1.54, 1.807) is 0 Å². The van der Waals surface area contributed by atoms with Crippen molar-refractivity contribution < 1.29 is 9.29 Å². The van der Waals surface area contributed by atoms with Crippen LogP contribution in [0.3, 0.4) is 0 Å². The van der Waals surface area contributed by atoms with Crippen LogP contribution < -0.4 is 10.6 Å². The summed E-state index contributed by atoms with van der Waals surface area (Å²) < 4.78 is 18.4. The predicted octanol–water partition coefficient (Wildman–Crippen LogP) is 1.94. The number of morpholine rings is 1. The summed E-state index contributed by atoms with van der Waals surface area (Å²) in [5, 5.41) is 0.849.